The molecule has 1 heterocycles. The van der Waals surface area contributed by atoms with Gasteiger partial charge in [0.05, 0.1) is 13.0 Å². The van der Waals surface area contributed by atoms with Crippen molar-refractivity contribution < 1.29 is 9.53 Å². The molecule has 1 unspecified atom stereocenters. The van der Waals surface area contributed by atoms with Gasteiger partial charge in [0.15, 0.2) is 6.42 Å². The van der Waals surface area contributed by atoms with Crippen LogP contribution in [0.4, 0.5) is 0 Å². The van der Waals surface area contributed by atoms with Crippen LogP contribution in [-0.2, 0) is 9.53 Å². The zero-order valence-corrected chi connectivity index (χ0v) is 6.30. The number of esters is 1. The Morgan fingerprint density at radius 2 is 2.60 bits per heavy atom. The SMILES string of the molecule is CCC1[CH+]CC(=O)OCC1. The third-order valence-electron chi connectivity index (χ3n) is 1.89. The smallest absolute Gasteiger partial charge is 0.351 e. The fraction of sp³-hybridized carbons (Fsp3) is 0.750. The summed E-state index contributed by atoms with van der Waals surface area (Å²) >= 11 is 0. The van der Waals surface area contributed by atoms with E-state index < -0.39 is 0 Å². The van der Waals surface area contributed by atoms with E-state index in [1.807, 2.05) is 0 Å². The van der Waals surface area contributed by atoms with Crippen LogP contribution in [0, 0.1) is 12.3 Å². The lowest BCUT2D eigenvalue weighted by Crippen LogP contribution is -2.00. The van der Waals surface area contributed by atoms with Gasteiger partial charge < -0.3 is 4.74 Å². The van der Waals surface area contributed by atoms with E-state index >= 15 is 0 Å². The molecule has 1 atom stereocenters. The summed E-state index contributed by atoms with van der Waals surface area (Å²) in [5.41, 5.74) is 0. The zero-order valence-electron chi connectivity index (χ0n) is 6.30. The van der Waals surface area contributed by atoms with Gasteiger partial charge in [-0.3, -0.25) is 0 Å². The molecule has 0 saturated carbocycles. The van der Waals surface area contributed by atoms with E-state index in [0.29, 0.717) is 18.9 Å². The van der Waals surface area contributed by atoms with Gasteiger partial charge in [0.25, 0.3) is 0 Å². The molecule has 0 aromatic heterocycles. The summed E-state index contributed by atoms with van der Waals surface area (Å²) in [7, 11) is 0. The molecular weight excluding hydrogens is 128 g/mol. The summed E-state index contributed by atoms with van der Waals surface area (Å²) in [6.07, 6.45) is 4.69. The summed E-state index contributed by atoms with van der Waals surface area (Å²) in [5.74, 6) is 0.516. The fourth-order valence-corrected chi connectivity index (χ4v) is 1.13. The average Bonchev–Trinajstić information content (AvgIpc) is 2.14. The maximum absolute atomic E-state index is 10.7. The Labute approximate surface area is 61.6 Å². The highest BCUT2D eigenvalue weighted by Gasteiger charge is 2.23. The minimum atomic E-state index is -0.0732. The fourth-order valence-electron chi connectivity index (χ4n) is 1.13. The maximum Gasteiger partial charge on any atom is 0.351 e. The van der Waals surface area contributed by atoms with Crippen molar-refractivity contribution in [1.29, 1.82) is 0 Å². The van der Waals surface area contributed by atoms with Crippen molar-refractivity contribution in [1.82, 2.24) is 0 Å². The van der Waals surface area contributed by atoms with Gasteiger partial charge in [0, 0.05) is 6.42 Å². The van der Waals surface area contributed by atoms with Crippen LogP contribution in [0.5, 0.6) is 0 Å². The Kier molecular flexibility index (Phi) is 2.60. The predicted molar refractivity (Wildman–Crippen MR) is 38.3 cm³/mol. The third kappa shape index (κ3) is 1.94. The molecule has 2 nitrogen and oxygen atoms in total. The lowest BCUT2D eigenvalue weighted by Gasteiger charge is -1.98. The van der Waals surface area contributed by atoms with Crippen molar-refractivity contribution >= 4 is 5.97 Å². The van der Waals surface area contributed by atoms with Gasteiger partial charge in [-0.1, -0.05) is 6.92 Å². The van der Waals surface area contributed by atoms with Crippen molar-refractivity contribution in [2.24, 2.45) is 5.92 Å². The lowest BCUT2D eigenvalue weighted by molar-refractivity contribution is -0.142. The quantitative estimate of drug-likeness (QED) is 0.409. The Morgan fingerprint density at radius 1 is 1.80 bits per heavy atom. The minimum absolute atomic E-state index is 0.0732. The zero-order chi connectivity index (χ0) is 7.40. The van der Waals surface area contributed by atoms with Crippen molar-refractivity contribution in [3.8, 4) is 0 Å². The van der Waals surface area contributed by atoms with Gasteiger partial charge in [-0.15, -0.1) is 0 Å². The van der Waals surface area contributed by atoms with Crippen LogP contribution >= 0.6 is 0 Å². The van der Waals surface area contributed by atoms with E-state index in [0.717, 1.165) is 12.8 Å². The first-order valence-corrected chi connectivity index (χ1v) is 3.82. The van der Waals surface area contributed by atoms with Crippen molar-refractivity contribution in [2.45, 2.75) is 26.2 Å². The van der Waals surface area contributed by atoms with Crippen LogP contribution in [0.2, 0.25) is 0 Å². The first-order chi connectivity index (χ1) is 4.83. The van der Waals surface area contributed by atoms with Crippen molar-refractivity contribution in [3.63, 3.8) is 0 Å². The Bertz CT molecular complexity index is 120. The summed E-state index contributed by atoms with van der Waals surface area (Å²) in [6, 6.07) is 0. The first-order valence-electron chi connectivity index (χ1n) is 3.82. The highest BCUT2D eigenvalue weighted by molar-refractivity contribution is 5.70. The second-order valence-corrected chi connectivity index (χ2v) is 2.62. The highest BCUT2D eigenvalue weighted by Crippen LogP contribution is 2.17. The monoisotopic (exact) mass is 141 g/mol. The van der Waals surface area contributed by atoms with Crippen LogP contribution in [0.3, 0.4) is 0 Å². The topological polar surface area (TPSA) is 26.3 Å². The van der Waals surface area contributed by atoms with E-state index in [4.69, 9.17) is 4.74 Å². The van der Waals surface area contributed by atoms with Gasteiger partial charge in [-0.25, -0.2) is 4.79 Å². The van der Waals surface area contributed by atoms with Gasteiger partial charge in [0.1, 0.15) is 5.92 Å². The molecule has 1 saturated heterocycles. The molecule has 0 bridgehead atoms. The number of carbonyl (C=O) groups excluding carboxylic acids is 1. The van der Waals surface area contributed by atoms with Crippen LogP contribution in [-0.4, -0.2) is 12.6 Å². The summed E-state index contributed by atoms with van der Waals surface area (Å²) in [6.45, 7) is 2.74. The number of hydrogen-bond acceptors (Lipinski definition) is 2. The van der Waals surface area contributed by atoms with E-state index in [1.165, 1.54) is 0 Å². The van der Waals surface area contributed by atoms with Crippen LogP contribution < -0.4 is 0 Å². The second-order valence-electron chi connectivity index (χ2n) is 2.62. The number of hydrogen-bond donors (Lipinski definition) is 0. The summed E-state index contributed by atoms with van der Waals surface area (Å²) < 4.78 is 4.86. The van der Waals surface area contributed by atoms with Crippen molar-refractivity contribution in [3.05, 3.63) is 6.42 Å². The molecule has 1 fully saturated rings. The maximum atomic E-state index is 10.7. The van der Waals surface area contributed by atoms with Gasteiger partial charge in [-0.2, -0.15) is 0 Å². The first kappa shape index (κ1) is 7.45. The molecule has 1 aliphatic rings. The molecule has 2 heteroatoms. The Hall–Kier alpha value is -0.660. The van der Waals surface area contributed by atoms with E-state index in [9.17, 15) is 4.79 Å². The number of ether oxygens (including phenoxy) is 1. The van der Waals surface area contributed by atoms with E-state index in [2.05, 4.69) is 13.3 Å². The summed E-state index contributed by atoms with van der Waals surface area (Å²) in [5, 5.41) is 0. The van der Waals surface area contributed by atoms with E-state index in [1.54, 1.807) is 0 Å². The Balaban J connectivity index is 2.33. The molecular formula is C8H13O2+. The van der Waals surface area contributed by atoms with Gasteiger partial charge >= 0.3 is 5.97 Å². The molecule has 0 aliphatic carbocycles. The molecule has 1 rings (SSSR count). The largest absolute Gasteiger partial charge is 0.462 e. The van der Waals surface area contributed by atoms with E-state index in [-0.39, 0.29) is 5.97 Å². The average molecular weight is 141 g/mol. The van der Waals surface area contributed by atoms with Crippen LogP contribution in [0.25, 0.3) is 0 Å². The number of cyclic esters (lactones) is 1. The molecule has 0 N–H and O–H groups in total. The highest BCUT2D eigenvalue weighted by atomic mass is 16.5. The normalized spacial score (nSPS) is 26.5. The van der Waals surface area contributed by atoms with Gasteiger partial charge in [-0.05, 0) is 6.42 Å². The Morgan fingerprint density at radius 3 is 3.30 bits per heavy atom. The molecule has 0 aromatic rings. The standard InChI is InChI=1S/C8H13O2/c1-2-7-3-4-8(9)10-6-5-7/h3,7H,2,4-6H2,1H3/q+1. The number of carbonyl (C=O) groups is 1. The molecule has 56 valence electrons. The molecule has 1 aliphatic heterocycles. The third-order valence-corrected chi connectivity index (χ3v) is 1.89. The lowest BCUT2D eigenvalue weighted by atomic mass is 9.98. The molecule has 0 amide bonds. The molecule has 0 radical (unpaired) electrons. The van der Waals surface area contributed by atoms with Crippen LogP contribution in [0.15, 0.2) is 0 Å². The minimum Gasteiger partial charge on any atom is -0.462 e. The molecule has 0 spiro atoms. The summed E-state index contributed by atoms with van der Waals surface area (Å²) in [4.78, 5) is 10.7. The van der Waals surface area contributed by atoms with Gasteiger partial charge in [0.2, 0.25) is 0 Å². The molecule has 10 heavy (non-hydrogen) atoms. The van der Waals surface area contributed by atoms with Crippen LogP contribution in [0.1, 0.15) is 26.2 Å². The molecule has 0 aromatic carbocycles. The second kappa shape index (κ2) is 3.49. The van der Waals surface area contributed by atoms with Crippen molar-refractivity contribution in [2.75, 3.05) is 6.61 Å². The number of rotatable bonds is 1. The predicted octanol–water partition coefficient (Wildman–Crippen LogP) is 1.55.